The second-order valence-electron chi connectivity index (χ2n) is 5.83. The summed E-state index contributed by atoms with van der Waals surface area (Å²) in [4.78, 5) is 31.6. The second kappa shape index (κ2) is 7.29. The minimum atomic E-state index is -0.569. The van der Waals surface area contributed by atoms with E-state index in [0.29, 0.717) is 18.9 Å². The monoisotopic (exact) mass is 342 g/mol. The van der Waals surface area contributed by atoms with E-state index in [4.69, 9.17) is 0 Å². The molecule has 2 aromatic rings. The van der Waals surface area contributed by atoms with Gasteiger partial charge in [-0.1, -0.05) is 12.1 Å². The van der Waals surface area contributed by atoms with E-state index >= 15 is 0 Å². The highest BCUT2D eigenvalue weighted by molar-refractivity contribution is 6.03. The molecule has 1 saturated heterocycles. The number of amides is 2. The van der Waals surface area contributed by atoms with Crippen LogP contribution in [0, 0.1) is 5.82 Å². The standard InChI is InChI=1S/C18H19FN4O2/c1-13(24)22-8-10-23(11-9-22)14-6-7-17(20-12-14)21-18(25)15-4-2-3-5-16(15)19/h2-7,12H,8-11H2,1H3,(H,20,21,25). The Morgan fingerprint density at radius 2 is 1.80 bits per heavy atom. The normalized spacial score (nSPS) is 14.3. The minimum absolute atomic E-state index is 0.0197. The Kier molecular flexibility index (Phi) is 4.92. The molecule has 0 saturated carbocycles. The largest absolute Gasteiger partial charge is 0.367 e. The van der Waals surface area contributed by atoms with E-state index in [-0.39, 0.29) is 11.5 Å². The van der Waals surface area contributed by atoms with E-state index in [1.165, 1.54) is 18.2 Å². The SMILES string of the molecule is CC(=O)N1CCN(c2ccc(NC(=O)c3ccccc3F)nc2)CC1. The van der Waals surface area contributed by atoms with Crippen molar-refractivity contribution < 1.29 is 14.0 Å². The molecule has 1 aliphatic rings. The number of nitrogens with one attached hydrogen (secondary N) is 1. The molecule has 0 spiro atoms. The first-order valence-corrected chi connectivity index (χ1v) is 8.07. The van der Waals surface area contributed by atoms with Crippen LogP contribution in [-0.2, 0) is 4.79 Å². The zero-order chi connectivity index (χ0) is 17.8. The number of rotatable bonds is 3. The molecule has 3 rings (SSSR count). The summed E-state index contributed by atoms with van der Waals surface area (Å²) in [7, 11) is 0. The first-order chi connectivity index (χ1) is 12.0. The fourth-order valence-corrected chi connectivity index (χ4v) is 2.76. The number of anilines is 2. The topological polar surface area (TPSA) is 65.5 Å². The first kappa shape index (κ1) is 16.9. The van der Waals surface area contributed by atoms with Gasteiger partial charge in [0.15, 0.2) is 0 Å². The zero-order valence-corrected chi connectivity index (χ0v) is 13.9. The molecule has 1 N–H and O–H groups in total. The lowest BCUT2D eigenvalue weighted by atomic mass is 10.2. The van der Waals surface area contributed by atoms with Gasteiger partial charge in [-0.25, -0.2) is 9.37 Å². The summed E-state index contributed by atoms with van der Waals surface area (Å²) in [5.74, 6) is -0.656. The van der Waals surface area contributed by atoms with Gasteiger partial charge in [-0.2, -0.15) is 0 Å². The van der Waals surface area contributed by atoms with Gasteiger partial charge in [-0.15, -0.1) is 0 Å². The molecule has 1 aromatic carbocycles. The number of nitrogens with zero attached hydrogens (tertiary/aromatic N) is 3. The molecule has 0 atom stereocenters. The maximum absolute atomic E-state index is 13.6. The van der Waals surface area contributed by atoms with Gasteiger partial charge < -0.3 is 15.1 Å². The van der Waals surface area contributed by atoms with Crippen molar-refractivity contribution in [1.82, 2.24) is 9.88 Å². The maximum Gasteiger partial charge on any atom is 0.259 e. The van der Waals surface area contributed by atoms with Crippen LogP contribution in [-0.4, -0.2) is 47.9 Å². The fraction of sp³-hybridized carbons (Fsp3) is 0.278. The third-order valence-corrected chi connectivity index (χ3v) is 4.20. The number of carbonyl (C=O) groups is 2. The highest BCUT2D eigenvalue weighted by Gasteiger charge is 2.19. The van der Waals surface area contributed by atoms with Crippen molar-refractivity contribution in [2.75, 3.05) is 36.4 Å². The van der Waals surface area contributed by atoms with E-state index < -0.39 is 11.7 Å². The molecule has 0 aliphatic carbocycles. The van der Waals surface area contributed by atoms with Gasteiger partial charge in [0, 0.05) is 33.1 Å². The molecule has 7 heteroatoms. The first-order valence-electron chi connectivity index (χ1n) is 8.07. The van der Waals surface area contributed by atoms with Gasteiger partial charge in [0.2, 0.25) is 5.91 Å². The van der Waals surface area contributed by atoms with Crippen LogP contribution in [0.15, 0.2) is 42.6 Å². The Labute approximate surface area is 145 Å². The summed E-state index contributed by atoms with van der Waals surface area (Å²) in [6.07, 6.45) is 1.67. The van der Waals surface area contributed by atoms with Crippen LogP contribution in [0.2, 0.25) is 0 Å². The van der Waals surface area contributed by atoms with Crippen LogP contribution in [0.3, 0.4) is 0 Å². The van der Waals surface area contributed by atoms with E-state index in [1.807, 2.05) is 11.0 Å². The maximum atomic E-state index is 13.6. The molecular formula is C18H19FN4O2. The van der Waals surface area contributed by atoms with Crippen LogP contribution in [0.1, 0.15) is 17.3 Å². The molecule has 6 nitrogen and oxygen atoms in total. The average molecular weight is 342 g/mol. The molecule has 1 fully saturated rings. The summed E-state index contributed by atoms with van der Waals surface area (Å²) in [5.41, 5.74) is 0.904. The van der Waals surface area contributed by atoms with Gasteiger partial charge in [-0.3, -0.25) is 9.59 Å². The van der Waals surface area contributed by atoms with E-state index in [1.54, 1.807) is 25.3 Å². The molecule has 0 bridgehead atoms. The average Bonchev–Trinajstić information content (AvgIpc) is 2.63. The molecule has 130 valence electrons. The summed E-state index contributed by atoms with van der Waals surface area (Å²) in [5, 5.41) is 2.59. The molecule has 1 aliphatic heterocycles. The lowest BCUT2D eigenvalue weighted by Gasteiger charge is -2.35. The summed E-state index contributed by atoms with van der Waals surface area (Å²) < 4.78 is 13.6. The van der Waals surface area contributed by atoms with Crippen molar-refractivity contribution in [3.63, 3.8) is 0 Å². The number of aromatic nitrogens is 1. The molecule has 2 amide bonds. The van der Waals surface area contributed by atoms with Gasteiger partial charge in [0.25, 0.3) is 5.91 Å². The van der Waals surface area contributed by atoms with E-state index in [2.05, 4.69) is 15.2 Å². The Hall–Kier alpha value is -2.96. The predicted octanol–water partition coefficient (Wildman–Crippen LogP) is 2.14. The lowest BCUT2D eigenvalue weighted by Crippen LogP contribution is -2.48. The molecule has 2 heterocycles. The van der Waals surface area contributed by atoms with Crippen molar-refractivity contribution in [3.05, 3.63) is 54.0 Å². The van der Waals surface area contributed by atoms with E-state index in [9.17, 15) is 14.0 Å². The van der Waals surface area contributed by atoms with Crippen molar-refractivity contribution in [1.29, 1.82) is 0 Å². The van der Waals surface area contributed by atoms with Gasteiger partial charge in [0.05, 0.1) is 17.4 Å². The highest BCUT2D eigenvalue weighted by Crippen LogP contribution is 2.18. The number of carbonyl (C=O) groups excluding carboxylic acids is 2. The van der Waals surface area contributed by atoms with Crippen LogP contribution < -0.4 is 10.2 Å². The Bertz CT molecular complexity index is 771. The predicted molar refractivity (Wildman–Crippen MR) is 93.1 cm³/mol. The molecule has 1 aromatic heterocycles. The van der Waals surface area contributed by atoms with Gasteiger partial charge in [0.1, 0.15) is 11.6 Å². The van der Waals surface area contributed by atoms with Crippen LogP contribution in [0.25, 0.3) is 0 Å². The quantitative estimate of drug-likeness (QED) is 0.928. The Morgan fingerprint density at radius 3 is 2.40 bits per heavy atom. The Balaban J connectivity index is 1.62. The lowest BCUT2D eigenvalue weighted by molar-refractivity contribution is -0.129. The smallest absolute Gasteiger partial charge is 0.259 e. The second-order valence-corrected chi connectivity index (χ2v) is 5.83. The number of pyridine rings is 1. The highest BCUT2D eigenvalue weighted by atomic mass is 19.1. The van der Waals surface area contributed by atoms with Crippen LogP contribution in [0.4, 0.5) is 15.9 Å². The number of benzene rings is 1. The van der Waals surface area contributed by atoms with Gasteiger partial charge >= 0.3 is 0 Å². The minimum Gasteiger partial charge on any atom is -0.367 e. The van der Waals surface area contributed by atoms with E-state index in [0.717, 1.165) is 18.8 Å². The van der Waals surface area contributed by atoms with Crippen molar-refractivity contribution in [3.8, 4) is 0 Å². The number of piperazine rings is 1. The van der Waals surface area contributed by atoms with Crippen LogP contribution >= 0.6 is 0 Å². The van der Waals surface area contributed by atoms with Crippen molar-refractivity contribution in [2.45, 2.75) is 6.92 Å². The summed E-state index contributed by atoms with van der Waals surface area (Å²) >= 11 is 0. The zero-order valence-electron chi connectivity index (χ0n) is 13.9. The third kappa shape index (κ3) is 3.93. The van der Waals surface area contributed by atoms with Gasteiger partial charge in [-0.05, 0) is 24.3 Å². The Morgan fingerprint density at radius 1 is 1.08 bits per heavy atom. The molecular weight excluding hydrogens is 323 g/mol. The molecule has 0 radical (unpaired) electrons. The van der Waals surface area contributed by atoms with Crippen molar-refractivity contribution in [2.24, 2.45) is 0 Å². The third-order valence-electron chi connectivity index (χ3n) is 4.20. The summed E-state index contributed by atoms with van der Waals surface area (Å²) in [6.45, 7) is 4.41. The summed E-state index contributed by atoms with van der Waals surface area (Å²) in [6, 6.07) is 9.35. The van der Waals surface area contributed by atoms with Crippen molar-refractivity contribution >= 4 is 23.3 Å². The fourth-order valence-electron chi connectivity index (χ4n) is 2.76. The number of halogens is 1. The van der Waals surface area contributed by atoms with Crippen LogP contribution in [0.5, 0.6) is 0 Å². The number of hydrogen-bond donors (Lipinski definition) is 1. The number of hydrogen-bond acceptors (Lipinski definition) is 4. The molecule has 25 heavy (non-hydrogen) atoms. The molecule has 0 unspecified atom stereocenters.